The molecule has 0 spiro atoms. The Morgan fingerprint density at radius 3 is 2.58 bits per heavy atom. The van der Waals surface area contributed by atoms with Crippen LogP contribution in [-0.2, 0) is 6.42 Å². The Morgan fingerprint density at radius 1 is 1.12 bits per heavy atom. The highest BCUT2D eigenvalue weighted by molar-refractivity contribution is 6.07. The molecule has 5 nitrogen and oxygen atoms in total. The van der Waals surface area contributed by atoms with Gasteiger partial charge in [-0.25, -0.2) is 13.2 Å². The summed E-state index contributed by atoms with van der Waals surface area (Å²) in [6, 6.07) is 5.62. The van der Waals surface area contributed by atoms with Crippen LogP contribution in [0.4, 0.5) is 24.5 Å². The lowest BCUT2D eigenvalue weighted by Crippen LogP contribution is -2.36. The number of halogens is 3. The first-order valence-electron chi connectivity index (χ1n) is 7.13. The number of fused-ring (bicyclic) bond motifs is 1. The summed E-state index contributed by atoms with van der Waals surface area (Å²) in [5.41, 5.74) is 0.153. The van der Waals surface area contributed by atoms with Crippen LogP contribution in [0.2, 0.25) is 0 Å². The summed E-state index contributed by atoms with van der Waals surface area (Å²) in [7, 11) is 0. The van der Waals surface area contributed by atoms with Crippen molar-refractivity contribution in [1.82, 2.24) is 0 Å². The maximum absolute atomic E-state index is 13.9. The van der Waals surface area contributed by atoms with Crippen molar-refractivity contribution in [2.45, 2.75) is 12.8 Å². The van der Waals surface area contributed by atoms with Crippen molar-refractivity contribution in [2.75, 3.05) is 11.4 Å². The molecular formula is C16H11F3N2O3. The monoisotopic (exact) mass is 336 g/mol. The average Bonchev–Trinajstić information content (AvgIpc) is 2.58. The highest BCUT2D eigenvalue weighted by Gasteiger charge is 2.28. The SMILES string of the molecule is O=C(c1ccc(F)c(F)c1F)N1CCCc2ccc([N+](=O)[O-])cc21. The third-order valence-corrected chi connectivity index (χ3v) is 3.91. The number of aryl methyl sites for hydroxylation is 1. The van der Waals surface area contributed by atoms with E-state index in [2.05, 4.69) is 0 Å². The molecule has 1 amide bonds. The predicted octanol–water partition coefficient (Wildman–Crippen LogP) is 3.61. The number of carbonyl (C=O) groups excluding carboxylic acids is 1. The normalized spacial score (nSPS) is 13.5. The van der Waals surface area contributed by atoms with Gasteiger partial charge in [0.15, 0.2) is 17.5 Å². The van der Waals surface area contributed by atoms with Gasteiger partial charge in [0, 0.05) is 18.7 Å². The number of anilines is 1. The molecule has 0 saturated carbocycles. The Labute approximate surface area is 134 Å². The van der Waals surface area contributed by atoms with Crippen LogP contribution in [-0.4, -0.2) is 17.4 Å². The minimum Gasteiger partial charge on any atom is -0.308 e. The van der Waals surface area contributed by atoms with Crippen LogP contribution in [0.3, 0.4) is 0 Å². The number of nitro benzene ring substituents is 1. The summed E-state index contributed by atoms with van der Waals surface area (Å²) in [5, 5.41) is 10.9. The number of rotatable bonds is 2. The van der Waals surface area contributed by atoms with E-state index < -0.39 is 33.8 Å². The molecule has 0 fully saturated rings. The van der Waals surface area contributed by atoms with E-state index in [9.17, 15) is 28.1 Å². The van der Waals surface area contributed by atoms with E-state index in [1.165, 1.54) is 18.2 Å². The van der Waals surface area contributed by atoms with E-state index in [0.717, 1.165) is 11.0 Å². The van der Waals surface area contributed by atoms with Crippen molar-refractivity contribution in [1.29, 1.82) is 0 Å². The number of nitrogens with zero attached hydrogens (tertiary/aromatic N) is 2. The van der Waals surface area contributed by atoms with Crippen LogP contribution >= 0.6 is 0 Å². The van der Waals surface area contributed by atoms with Gasteiger partial charge in [-0.3, -0.25) is 14.9 Å². The van der Waals surface area contributed by atoms with Gasteiger partial charge in [0.05, 0.1) is 16.2 Å². The van der Waals surface area contributed by atoms with E-state index in [1.807, 2.05) is 0 Å². The van der Waals surface area contributed by atoms with Gasteiger partial charge in [-0.05, 0) is 30.5 Å². The molecule has 0 saturated heterocycles. The third-order valence-electron chi connectivity index (χ3n) is 3.91. The van der Waals surface area contributed by atoms with Crippen LogP contribution in [0.5, 0.6) is 0 Å². The lowest BCUT2D eigenvalue weighted by molar-refractivity contribution is -0.384. The Kier molecular flexibility index (Phi) is 3.96. The maximum Gasteiger partial charge on any atom is 0.271 e. The van der Waals surface area contributed by atoms with Crippen molar-refractivity contribution in [3.63, 3.8) is 0 Å². The average molecular weight is 336 g/mol. The highest BCUT2D eigenvalue weighted by atomic mass is 19.2. The van der Waals surface area contributed by atoms with Crippen LogP contribution in [0.15, 0.2) is 30.3 Å². The lowest BCUT2D eigenvalue weighted by Gasteiger charge is -2.29. The molecule has 2 aromatic rings. The quantitative estimate of drug-likeness (QED) is 0.478. The van der Waals surface area contributed by atoms with Gasteiger partial charge in [0.1, 0.15) is 0 Å². The lowest BCUT2D eigenvalue weighted by atomic mass is 10.00. The van der Waals surface area contributed by atoms with E-state index in [1.54, 1.807) is 0 Å². The fourth-order valence-corrected chi connectivity index (χ4v) is 2.72. The molecule has 0 aromatic heterocycles. The molecule has 1 aliphatic heterocycles. The van der Waals surface area contributed by atoms with Gasteiger partial charge in [0.2, 0.25) is 0 Å². The molecule has 8 heteroatoms. The van der Waals surface area contributed by atoms with Crippen LogP contribution in [0.25, 0.3) is 0 Å². The summed E-state index contributed by atoms with van der Waals surface area (Å²) in [4.78, 5) is 24.0. The second-order valence-electron chi connectivity index (χ2n) is 5.35. The molecule has 3 rings (SSSR count). The van der Waals surface area contributed by atoms with Crippen LogP contribution in [0.1, 0.15) is 22.3 Å². The minimum absolute atomic E-state index is 0.200. The van der Waals surface area contributed by atoms with Gasteiger partial charge in [-0.1, -0.05) is 6.07 Å². The Morgan fingerprint density at radius 2 is 1.88 bits per heavy atom. The summed E-state index contributed by atoms with van der Waals surface area (Å²) in [5.74, 6) is -5.55. The number of amides is 1. The zero-order valence-electron chi connectivity index (χ0n) is 12.3. The molecule has 0 aliphatic carbocycles. The summed E-state index contributed by atoms with van der Waals surface area (Å²) < 4.78 is 40.3. The van der Waals surface area contributed by atoms with E-state index in [4.69, 9.17) is 0 Å². The number of hydrogen-bond acceptors (Lipinski definition) is 3. The number of non-ortho nitro benzene ring substituents is 1. The predicted molar refractivity (Wildman–Crippen MR) is 79.4 cm³/mol. The van der Waals surface area contributed by atoms with Crippen molar-refractivity contribution in [3.8, 4) is 0 Å². The molecule has 0 atom stereocenters. The fraction of sp³-hybridized carbons (Fsp3) is 0.188. The topological polar surface area (TPSA) is 63.5 Å². The van der Waals surface area contributed by atoms with E-state index in [0.29, 0.717) is 24.5 Å². The van der Waals surface area contributed by atoms with Gasteiger partial charge in [0.25, 0.3) is 11.6 Å². The molecule has 0 radical (unpaired) electrons. The molecule has 0 N–H and O–H groups in total. The third kappa shape index (κ3) is 2.60. The van der Waals surface area contributed by atoms with Crippen LogP contribution < -0.4 is 4.90 Å². The Hall–Kier alpha value is -2.90. The molecular weight excluding hydrogens is 325 g/mol. The smallest absolute Gasteiger partial charge is 0.271 e. The highest BCUT2D eigenvalue weighted by Crippen LogP contribution is 2.32. The number of hydrogen-bond donors (Lipinski definition) is 0. The zero-order valence-corrected chi connectivity index (χ0v) is 12.3. The van der Waals surface area contributed by atoms with Crippen LogP contribution in [0, 0.1) is 27.6 Å². The van der Waals surface area contributed by atoms with Crippen molar-refractivity contribution in [3.05, 3.63) is 69.0 Å². The van der Waals surface area contributed by atoms with Gasteiger partial charge < -0.3 is 4.90 Å². The van der Waals surface area contributed by atoms with Crippen molar-refractivity contribution in [2.24, 2.45) is 0 Å². The molecule has 2 aromatic carbocycles. The molecule has 0 bridgehead atoms. The second-order valence-corrected chi connectivity index (χ2v) is 5.35. The number of carbonyl (C=O) groups is 1. The maximum atomic E-state index is 13.9. The first-order chi connectivity index (χ1) is 11.4. The summed E-state index contributed by atoms with van der Waals surface area (Å²) in [6.07, 6.45) is 1.18. The Bertz CT molecular complexity index is 855. The zero-order chi connectivity index (χ0) is 17.4. The fourth-order valence-electron chi connectivity index (χ4n) is 2.72. The molecule has 1 aliphatic rings. The summed E-state index contributed by atoms with van der Waals surface area (Å²) in [6.45, 7) is 0.200. The van der Waals surface area contributed by atoms with Gasteiger partial charge in [-0.15, -0.1) is 0 Å². The molecule has 0 unspecified atom stereocenters. The van der Waals surface area contributed by atoms with Crippen molar-refractivity contribution < 1.29 is 22.9 Å². The number of nitro groups is 1. The van der Waals surface area contributed by atoms with Gasteiger partial charge in [-0.2, -0.15) is 0 Å². The standard InChI is InChI=1S/C16H11F3N2O3/c17-12-6-5-11(14(18)15(12)19)16(22)20-7-1-2-9-3-4-10(21(23)24)8-13(9)20/h3-6,8H,1-2,7H2. The van der Waals surface area contributed by atoms with E-state index in [-0.39, 0.29) is 17.9 Å². The Balaban J connectivity index is 2.06. The molecule has 1 heterocycles. The van der Waals surface area contributed by atoms with Gasteiger partial charge >= 0.3 is 0 Å². The molecule has 24 heavy (non-hydrogen) atoms. The largest absolute Gasteiger partial charge is 0.308 e. The minimum atomic E-state index is -1.72. The number of benzene rings is 2. The van der Waals surface area contributed by atoms with E-state index >= 15 is 0 Å². The van der Waals surface area contributed by atoms with Crippen molar-refractivity contribution >= 4 is 17.3 Å². The molecule has 124 valence electrons. The summed E-state index contributed by atoms with van der Waals surface area (Å²) >= 11 is 0. The second kappa shape index (κ2) is 5.95. The first-order valence-corrected chi connectivity index (χ1v) is 7.13. The first kappa shape index (κ1) is 16.0.